The van der Waals surface area contributed by atoms with Gasteiger partial charge in [-0.05, 0) is 24.8 Å². The van der Waals surface area contributed by atoms with Gasteiger partial charge in [0.05, 0.1) is 6.04 Å². The molecule has 0 aromatic carbocycles. The van der Waals surface area contributed by atoms with Gasteiger partial charge in [0.15, 0.2) is 0 Å². The van der Waals surface area contributed by atoms with E-state index in [0.717, 1.165) is 4.88 Å². The van der Waals surface area contributed by atoms with Crippen LogP contribution in [0.5, 0.6) is 0 Å². The van der Waals surface area contributed by atoms with Crippen molar-refractivity contribution in [3.8, 4) is 0 Å². The predicted molar refractivity (Wildman–Crippen MR) is 70.7 cm³/mol. The molecule has 1 aromatic rings. The van der Waals surface area contributed by atoms with Gasteiger partial charge in [-0.2, -0.15) is 0 Å². The Bertz CT molecular complexity index is 392. The van der Waals surface area contributed by atoms with Gasteiger partial charge in [-0.3, -0.25) is 0 Å². The third-order valence-electron chi connectivity index (χ3n) is 2.50. The Morgan fingerprint density at radius 1 is 1.44 bits per heavy atom. The lowest BCUT2D eigenvalue weighted by atomic mass is 10.2. The van der Waals surface area contributed by atoms with E-state index in [-0.39, 0.29) is 6.04 Å². The van der Waals surface area contributed by atoms with Crippen molar-refractivity contribution >= 4 is 23.3 Å². The number of amides is 2. The minimum absolute atomic E-state index is 0.124. The average Bonchev–Trinajstić information content (AvgIpc) is 2.81. The number of rotatable bonds is 6. The molecule has 0 spiro atoms. The molecule has 0 aliphatic heterocycles. The summed E-state index contributed by atoms with van der Waals surface area (Å²) in [6.45, 7) is 3.74. The Hall–Kier alpha value is -1.56. The highest BCUT2D eigenvalue weighted by Crippen LogP contribution is 2.17. The number of carbonyl (C=O) groups is 2. The van der Waals surface area contributed by atoms with Crippen LogP contribution in [-0.4, -0.2) is 23.1 Å². The SMILES string of the molecule is CCC[C@@H](NC(=O)NC(C)c1cccs1)C(=O)O. The summed E-state index contributed by atoms with van der Waals surface area (Å²) in [6, 6.07) is 2.44. The van der Waals surface area contributed by atoms with Gasteiger partial charge in [-0.25, -0.2) is 9.59 Å². The second kappa shape index (κ2) is 7.00. The predicted octanol–water partition coefficient (Wildman–Crippen LogP) is 2.36. The third-order valence-corrected chi connectivity index (χ3v) is 3.55. The van der Waals surface area contributed by atoms with Crippen molar-refractivity contribution in [1.29, 1.82) is 0 Å². The molecule has 0 bridgehead atoms. The van der Waals surface area contributed by atoms with Crippen LogP contribution < -0.4 is 10.6 Å². The van der Waals surface area contributed by atoms with Crippen molar-refractivity contribution in [2.24, 2.45) is 0 Å². The van der Waals surface area contributed by atoms with E-state index >= 15 is 0 Å². The lowest BCUT2D eigenvalue weighted by molar-refractivity contribution is -0.139. The zero-order chi connectivity index (χ0) is 13.5. The molecule has 1 aromatic heterocycles. The van der Waals surface area contributed by atoms with Crippen molar-refractivity contribution in [2.45, 2.75) is 38.8 Å². The van der Waals surface area contributed by atoms with Gasteiger partial charge in [0.1, 0.15) is 6.04 Å². The molecule has 2 atom stereocenters. The molecule has 1 heterocycles. The first-order chi connectivity index (χ1) is 8.54. The van der Waals surface area contributed by atoms with Crippen LogP contribution in [-0.2, 0) is 4.79 Å². The third kappa shape index (κ3) is 4.37. The van der Waals surface area contributed by atoms with Crippen LogP contribution in [0, 0.1) is 0 Å². The Morgan fingerprint density at radius 2 is 2.17 bits per heavy atom. The number of hydrogen-bond donors (Lipinski definition) is 3. The summed E-state index contributed by atoms with van der Waals surface area (Å²) in [5.41, 5.74) is 0. The number of thiophene rings is 1. The van der Waals surface area contributed by atoms with Gasteiger partial charge in [-0.1, -0.05) is 19.4 Å². The first-order valence-electron chi connectivity index (χ1n) is 5.87. The Balaban J connectivity index is 2.47. The monoisotopic (exact) mass is 270 g/mol. The van der Waals surface area contributed by atoms with Crippen LogP contribution in [0.25, 0.3) is 0 Å². The molecule has 5 nitrogen and oxygen atoms in total. The molecule has 2 amide bonds. The lowest BCUT2D eigenvalue weighted by Crippen LogP contribution is -2.46. The van der Waals surface area contributed by atoms with Crippen molar-refractivity contribution in [3.63, 3.8) is 0 Å². The highest BCUT2D eigenvalue weighted by molar-refractivity contribution is 7.10. The maximum absolute atomic E-state index is 11.7. The summed E-state index contributed by atoms with van der Waals surface area (Å²) in [5, 5.41) is 16.1. The first-order valence-corrected chi connectivity index (χ1v) is 6.75. The van der Waals surface area contributed by atoms with E-state index in [1.54, 1.807) is 11.3 Å². The average molecular weight is 270 g/mol. The van der Waals surface area contributed by atoms with E-state index in [0.29, 0.717) is 12.8 Å². The molecule has 0 fully saturated rings. The molecule has 0 saturated carbocycles. The largest absolute Gasteiger partial charge is 0.480 e. The fourth-order valence-electron chi connectivity index (χ4n) is 1.55. The number of nitrogens with one attached hydrogen (secondary N) is 2. The van der Waals surface area contributed by atoms with Gasteiger partial charge < -0.3 is 15.7 Å². The second-order valence-electron chi connectivity index (χ2n) is 4.03. The number of aliphatic carboxylic acids is 1. The van der Waals surface area contributed by atoms with E-state index in [4.69, 9.17) is 5.11 Å². The van der Waals surface area contributed by atoms with Crippen molar-refractivity contribution in [2.75, 3.05) is 0 Å². The van der Waals surface area contributed by atoms with Crippen LogP contribution in [0.4, 0.5) is 4.79 Å². The van der Waals surface area contributed by atoms with Crippen molar-refractivity contribution in [3.05, 3.63) is 22.4 Å². The van der Waals surface area contributed by atoms with E-state index in [2.05, 4.69) is 10.6 Å². The Kier molecular flexibility index (Phi) is 5.64. The van der Waals surface area contributed by atoms with E-state index < -0.39 is 18.0 Å². The molecular weight excluding hydrogens is 252 g/mol. The summed E-state index contributed by atoms with van der Waals surface area (Å²) in [7, 11) is 0. The van der Waals surface area contributed by atoms with E-state index in [1.807, 2.05) is 31.4 Å². The number of carboxylic acid groups (broad SMARTS) is 1. The number of urea groups is 1. The van der Waals surface area contributed by atoms with Crippen molar-refractivity contribution in [1.82, 2.24) is 10.6 Å². The molecule has 1 unspecified atom stereocenters. The zero-order valence-corrected chi connectivity index (χ0v) is 11.3. The molecule has 0 aliphatic rings. The van der Waals surface area contributed by atoms with Gasteiger partial charge in [0.2, 0.25) is 0 Å². The van der Waals surface area contributed by atoms with Crippen LogP contribution in [0.2, 0.25) is 0 Å². The van der Waals surface area contributed by atoms with E-state index in [1.165, 1.54) is 0 Å². The lowest BCUT2D eigenvalue weighted by Gasteiger charge is -2.17. The molecule has 0 saturated heterocycles. The molecule has 6 heteroatoms. The van der Waals surface area contributed by atoms with Gasteiger partial charge >= 0.3 is 12.0 Å². The normalized spacial score (nSPS) is 13.7. The molecule has 100 valence electrons. The fourth-order valence-corrected chi connectivity index (χ4v) is 2.29. The van der Waals surface area contributed by atoms with Gasteiger partial charge in [-0.15, -0.1) is 11.3 Å². The Morgan fingerprint density at radius 3 is 2.67 bits per heavy atom. The van der Waals surface area contributed by atoms with Crippen LogP contribution >= 0.6 is 11.3 Å². The topological polar surface area (TPSA) is 78.4 Å². The summed E-state index contributed by atoms with van der Waals surface area (Å²) >= 11 is 1.55. The summed E-state index contributed by atoms with van der Waals surface area (Å²) in [5.74, 6) is -1.00. The molecule has 18 heavy (non-hydrogen) atoms. The van der Waals surface area contributed by atoms with Crippen molar-refractivity contribution < 1.29 is 14.7 Å². The summed E-state index contributed by atoms with van der Waals surface area (Å²) in [6.07, 6.45) is 1.13. The quantitative estimate of drug-likeness (QED) is 0.742. The highest BCUT2D eigenvalue weighted by Gasteiger charge is 2.19. The van der Waals surface area contributed by atoms with Crippen LogP contribution in [0.15, 0.2) is 17.5 Å². The molecule has 0 radical (unpaired) electrons. The minimum Gasteiger partial charge on any atom is -0.480 e. The number of carboxylic acids is 1. The zero-order valence-electron chi connectivity index (χ0n) is 10.5. The Labute approximate surface area is 110 Å². The summed E-state index contributed by atoms with van der Waals surface area (Å²) < 4.78 is 0. The number of carbonyl (C=O) groups excluding carboxylic acids is 1. The van der Waals surface area contributed by atoms with Gasteiger partial charge in [0.25, 0.3) is 0 Å². The summed E-state index contributed by atoms with van der Waals surface area (Å²) in [4.78, 5) is 23.6. The molecular formula is C12H18N2O3S. The second-order valence-corrected chi connectivity index (χ2v) is 5.01. The number of hydrogen-bond acceptors (Lipinski definition) is 3. The standard InChI is InChI=1S/C12H18N2O3S/c1-3-5-9(11(15)16)14-12(17)13-8(2)10-6-4-7-18-10/h4,6-9H,3,5H2,1-2H3,(H,15,16)(H2,13,14,17)/t8?,9-/m1/s1. The van der Waals surface area contributed by atoms with Crippen LogP contribution in [0.3, 0.4) is 0 Å². The smallest absolute Gasteiger partial charge is 0.326 e. The van der Waals surface area contributed by atoms with Gasteiger partial charge in [0, 0.05) is 4.88 Å². The van der Waals surface area contributed by atoms with Crippen LogP contribution in [0.1, 0.15) is 37.6 Å². The van der Waals surface area contributed by atoms with E-state index in [9.17, 15) is 9.59 Å². The highest BCUT2D eigenvalue weighted by atomic mass is 32.1. The first kappa shape index (κ1) is 14.5. The maximum atomic E-state index is 11.7. The fraction of sp³-hybridized carbons (Fsp3) is 0.500. The molecule has 1 rings (SSSR count). The molecule has 3 N–H and O–H groups in total. The minimum atomic E-state index is -1.00. The maximum Gasteiger partial charge on any atom is 0.326 e. The molecule has 0 aliphatic carbocycles.